The standard InChI is InChI=1S/C23H24BrClN2O/c24-20-9-17(23-11-14-6-15(12-23)8-16(7-14)13-23)4-5-21(20)27-22(28)26-19-3-1-2-18(25)10-19/h1-5,9-10,14-16H,6-8,11-13H2,(H2,26,27,28). The van der Waals surface area contributed by atoms with Crippen molar-refractivity contribution in [2.24, 2.45) is 17.8 Å². The Hall–Kier alpha value is -1.52. The number of carbonyl (C=O) groups is 1. The van der Waals surface area contributed by atoms with E-state index in [1.54, 1.807) is 12.1 Å². The minimum absolute atomic E-state index is 0.273. The van der Waals surface area contributed by atoms with Crippen molar-refractivity contribution in [1.29, 1.82) is 0 Å². The summed E-state index contributed by atoms with van der Waals surface area (Å²) in [6, 6.07) is 13.4. The Labute approximate surface area is 179 Å². The molecule has 0 saturated heterocycles. The second kappa shape index (κ2) is 7.07. The van der Waals surface area contributed by atoms with E-state index in [1.807, 2.05) is 18.2 Å². The molecule has 2 N–H and O–H groups in total. The number of amides is 2. The van der Waals surface area contributed by atoms with E-state index in [0.29, 0.717) is 16.1 Å². The lowest BCUT2D eigenvalue weighted by atomic mass is 9.48. The molecule has 4 saturated carbocycles. The van der Waals surface area contributed by atoms with Gasteiger partial charge < -0.3 is 10.6 Å². The highest BCUT2D eigenvalue weighted by Crippen LogP contribution is 2.61. The molecule has 2 amide bonds. The lowest BCUT2D eigenvalue weighted by Crippen LogP contribution is -2.48. The third-order valence-corrected chi connectivity index (χ3v) is 7.84. The summed E-state index contributed by atoms with van der Waals surface area (Å²) in [6.45, 7) is 0. The van der Waals surface area contributed by atoms with Gasteiger partial charge >= 0.3 is 6.03 Å². The van der Waals surface area contributed by atoms with Gasteiger partial charge in [-0.3, -0.25) is 0 Å². The van der Waals surface area contributed by atoms with Crippen LogP contribution in [0.4, 0.5) is 16.2 Å². The molecule has 0 spiro atoms. The average Bonchev–Trinajstić information content (AvgIpc) is 2.62. The maximum absolute atomic E-state index is 12.4. The number of carbonyl (C=O) groups excluding carboxylic acids is 1. The van der Waals surface area contributed by atoms with E-state index in [0.717, 1.165) is 27.9 Å². The van der Waals surface area contributed by atoms with Gasteiger partial charge in [0.05, 0.1) is 5.69 Å². The molecular weight excluding hydrogens is 436 g/mol. The Balaban J connectivity index is 1.32. The fraction of sp³-hybridized carbons (Fsp3) is 0.435. The van der Waals surface area contributed by atoms with Crippen LogP contribution >= 0.6 is 27.5 Å². The number of benzene rings is 2. The topological polar surface area (TPSA) is 41.1 Å². The van der Waals surface area contributed by atoms with Crippen LogP contribution in [0.15, 0.2) is 46.9 Å². The predicted molar refractivity (Wildman–Crippen MR) is 118 cm³/mol. The highest BCUT2D eigenvalue weighted by atomic mass is 79.9. The third kappa shape index (κ3) is 3.46. The number of halogens is 2. The van der Waals surface area contributed by atoms with E-state index in [1.165, 1.54) is 44.1 Å². The molecule has 2 aromatic carbocycles. The van der Waals surface area contributed by atoms with E-state index < -0.39 is 0 Å². The van der Waals surface area contributed by atoms with Gasteiger partial charge in [-0.1, -0.05) is 23.7 Å². The third-order valence-electron chi connectivity index (χ3n) is 6.95. The summed E-state index contributed by atoms with van der Waals surface area (Å²) in [7, 11) is 0. The SMILES string of the molecule is O=C(Nc1cccc(Cl)c1)Nc1ccc(C23CC4CC(CC(C4)C2)C3)cc1Br. The van der Waals surface area contributed by atoms with Gasteiger partial charge in [0.25, 0.3) is 0 Å². The molecule has 0 aliphatic heterocycles. The molecule has 5 heteroatoms. The Kier molecular flexibility index (Phi) is 4.67. The van der Waals surface area contributed by atoms with E-state index in [4.69, 9.17) is 11.6 Å². The number of nitrogens with one attached hydrogen (secondary N) is 2. The summed E-state index contributed by atoms with van der Waals surface area (Å²) in [5.41, 5.74) is 3.26. The molecule has 0 unspecified atom stereocenters. The van der Waals surface area contributed by atoms with Gasteiger partial charge in [-0.05, 0) is 114 Å². The summed E-state index contributed by atoms with van der Waals surface area (Å²) < 4.78 is 0.946. The average molecular weight is 460 g/mol. The molecule has 4 aliphatic carbocycles. The second-order valence-electron chi connectivity index (χ2n) is 8.98. The van der Waals surface area contributed by atoms with Crippen LogP contribution in [0.25, 0.3) is 0 Å². The first-order valence-corrected chi connectivity index (χ1v) is 11.3. The van der Waals surface area contributed by atoms with Crippen molar-refractivity contribution in [2.75, 3.05) is 10.6 Å². The van der Waals surface area contributed by atoms with Crippen LogP contribution in [0.2, 0.25) is 5.02 Å². The van der Waals surface area contributed by atoms with Crippen molar-refractivity contribution in [3.63, 3.8) is 0 Å². The van der Waals surface area contributed by atoms with Crippen LogP contribution in [0.5, 0.6) is 0 Å². The van der Waals surface area contributed by atoms with Crippen LogP contribution in [-0.2, 0) is 5.41 Å². The fourth-order valence-corrected chi connectivity index (χ4v) is 6.93. The zero-order valence-corrected chi connectivity index (χ0v) is 18.0. The Morgan fingerprint density at radius 1 is 0.964 bits per heavy atom. The largest absolute Gasteiger partial charge is 0.323 e. The molecule has 0 aromatic heterocycles. The van der Waals surface area contributed by atoms with E-state index in [2.05, 4.69) is 38.7 Å². The summed E-state index contributed by atoms with van der Waals surface area (Å²) >= 11 is 9.67. The van der Waals surface area contributed by atoms with Crippen molar-refractivity contribution in [2.45, 2.75) is 43.9 Å². The first kappa shape index (κ1) is 18.5. The van der Waals surface area contributed by atoms with Gasteiger partial charge in [0.1, 0.15) is 0 Å². The van der Waals surface area contributed by atoms with Gasteiger partial charge in [0.2, 0.25) is 0 Å². The zero-order valence-electron chi connectivity index (χ0n) is 15.7. The Morgan fingerprint density at radius 2 is 1.64 bits per heavy atom. The number of urea groups is 1. The van der Waals surface area contributed by atoms with E-state index >= 15 is 0 Å². The number of rotatable bonds is 3. The monoisotopic (exact) mass is 458 g/mol. The first-order valence-electron chi connectivity index (χ1n) is 10.1. The van der Waals surface area contributed by atoms with Crippen LogP contribution in [0.3, 0.4) is 0 Å². The Morgan fingerprint density at radius 3 is 2.25 bits per heavy atom. The summed E-state index contributed by atoms with van der Waals surface area (Å²) in [5, 5.41) is 6.36. The minimum Gasteiger partial charge on any atom is -0.308 e. The van der Waals surface area contributed by atoms with E-state index in [-0.39, 0.29) is 6.03 Å². The number of hydrogen-bond acceptors (Lipinski definition) is 1. The molecule has 0 radical (unpaired) electrons. The molecule has 0 atom stereocenters. The highest BCUT2D eigenvalue weighted by Gasteiger charge is 2.51. The van der Waals surface area contributed by atoms with Crippen molar-refractivity contribution < 1.29 is 4.79 Å². The van der Waals surface area contributed by atoms with Gasteiger partial charge in [-0.2, -0.15) is 0 Å². The predicted octanol–water partition coefficient (Wildman–Crippen LogP) is 7.21. The quantitative estimate of drug-likeness (QED) is 0.500. The van der Waals surface area contributed by atoms with Crippen LogP contribution in [0, 0.1) is 17.8 Å². The van der Waals surface area contributed by atoms with Crippen LogP contribution < -0.4 is 10.6 Å². The maximum Gasteiger partial charge on any atom is 0.323 e. The van der Waals surface area contributed by atoms with Gasteiger partial charge in [-0.25, -0.2) is 4.79 Å². The second-order valence-corrected chi connectivity index (χ2v) is 10.3. The highest BCUT2D eigenvalue weighted by molar-refractivity contribution is 9.10. The minimum atomic E-state index is -0.273. The molecule has 2 aromatic rings. The van der Waals surface area contributed by atoms with Crippen molar-refractivity contribution in [3.05, 3.63) is 57.5 Å². The molecule has 4 aliphatic rings. The van der Waals surface area contributed by atoms with Crippen molar-refractivity contribution >= 4 is 44.9 Å². The molecule has 3 nitrogen and oxygen atoms in total. The van der Waals surface area contributed by atoms with Crippen molar-refractivity contribution in [3.8, 4) is 0 Å². The number of anilines is 2. The zero-order chi connectivity index (χ0) is 19.3. The molecule has 4 fully saturated rings. The molecule has 146 valence electrons. The molecule has 0 heterocycles. The summed E-state index contributed by atoms with van der Waals surface area (Å²) in [5.74, 6) is 2.77. The Bertz CT molecular complexity index is 893. The smallest absolute Gasteiger partial charge is 0.308 e. The molecule has 4 bridgehead atoms. The number of hydrogen-bond donors (Lipinski definition) is 2. The lowest BCUT2D eigenvalue weighted by molar-refractivity contribution is -0.00520. The van der Waals surface area contributed by atoms with Crippen molar-refractivity contribution in [1.82, 2.24) is 0 Å². The molecule has 6 rings (SSSR count). The first-order chi connectivity index (χ1) is 13.5. The fourth-order valence-electron chi connectivity index (χ4n) is 6.26. The summed E-state index contributed by atoms with van der Waals surface area (Å²) in [6.07, 6.45) is 8.37. The summed E-state index contributed by atoms with van der Waals surface area (Å²) in [4.78, 5) is 12.4. The molecule has 28 heavy (non-hydrogen) atoms. The van der Waals surface area contributed by atoms with Crippen LogP contribution in [-0.4, -0.2) is 6.03 Å². The normalized spacial score (nSPS) is 30.3. The molecular formula is C23H24BrClN2O. The maximum atomic E-state index is 12.4. The van der Waals surface area contributed by atoms with Gasteiger partial charge in [0.15, 0.2) is 0 Å². The van der Waals surface area contributed by atoms with Crippen LogP contribution in [0.1, 0.15) is 44.1 Å². The lowest BCUT2D eigenvalue weighted by Gasteiger charge is -2.57. The van der Waals surface area contributed by atoms with E-state index in [9.17, 15) is 4.79 Å². The van der Waals surface area contributed by atoms with Gasteiger partial charge in [-0.15, -0.1) is 0 Å². The van der Waals surface area contributed by atoms with Gasteiger partial charge in [0, 0.05) is 15.2 Å².